The molecule has 3 aliphatic heterocycles. The number of nitrogens with one attached hydrogen (secondary N) is 1. The predicted octanol–water partition coefficient (Wildman–Crippen LogP) is 5.69. The molecule has 3 aliphatic rings. The van der Waals surface area contributed by atoms with Gasteiger partial charge >= 0.3 is 0 Å². The van der Waals surface area contributed by atoms with Gasteiger partial charge in [-0.25, -0.2) is 0 Å². The number of Topliss-reactive ketones (excluding diaryl/α,β-unsaturated/α-hetero) is 2. The number of rotatable bonds is 7. The van der Waals surface area contributed by atoms with Crippen LogP contribution in [0, 0.1) is 5.92 Å². The summed E-state index contributed by atoms with van der Waals surface area (Å²) in [5, 5.41) is 3.07. The van der Waals surface area contributed by atoms with Gasteiger partial charge in [0.05, 0.1) is 44.4 Å². The molecular weight excluding hydrogens is 556 g/mol. The first-order valence-corrected chi connectivity index (χ1v) is 14.3. The zero-order chi connectivity index (χ0) is 30.6. The third kappa shape index (κ3) is 3.73. The van der Waals surface area contributed by atoms with Gasteiger partial charge in [0.25, 0.3) is 0 Å². The van der Waals surface area contributed by atoms with E-state index in [0.29, 0.717) is 34.1 Å². The molecule has 4 atom stereocenters. The summed E-state index contributed by atoms with van der Waals surface area (Å²) >= 11 is 0. The van der Waals surface area contributed by atoms with Crippen molar-refractivity contribution in [2.24, 2.45) is 5.92 Å². The molecule has 1 N–H and O–H groups in total. The van der Waals surface area contributed by atoms with Crippen molar-refractivity contribution >= 4 is 29.2 Å². The van der Waals surface area contributed by atoms with Crippen LogP contribution >= 0.6 is 0 Å². The Hall–Kier alpha value is -5.37. The van der Waals surface area contributed by atoms with Gasteiger partial charge in [-0.15, -0.1) is 0 Å². The molecule has 3 heterocycles. The molecule has 0 saturated carbocycles. The number of hydrogen-bond acceptors (Lipinski definition) is 7. The Morgan fingerprint density at radius 1 is 0.773 bits per heavy atom. The second-order valence-electron chi connectivity index (χ2n) is 11.1. The highest BCUT2D eigenvalue weighted by Crippen LogP contribution is 2.62. The molecule has 4 aromatic carbocycles. The number of methoxy groups -OCH3 is 3. The molecule has 0 radical (unpaired) electrons. The van der Waals surface area contributed by atoms with E-state index in [2.05, 4.69) is 5.32 Å². The highest BCUT2D eigenvalue weighted by atomic mass is 16.5. The Labute approximate surface area is 254 Å². The maximum atomic E-state index is 15.1. The molecule has 8 heteroatoms. The minimum absolute atomic E-state index is 0.283. The van der Waals surface area contributed by atoms with Crippen molar-refractivity contribution in [1.29, 1.82) is 0 Å². The first-order chi connectivity index (χ1) is 21.4. The molecule has 7 rings (SSSR count). The second kappa shape index (κ2) is 10.4. The van der Waals surface area contributed by atoms with Crippen LogP contribution < -0.4 is 19.5 Å². The van der Waals surface area contributed by atoms with E-state index in [1.165, 1.54) is 21.3 Å². The molecule has 1 saturated heterocycles. The van der Waals surface area contributed by atoms with Crippen molar-refractivity contribution in [2.45, 2.75) is 17.5 Å². The molecule has 4 unspecified atom stereocenters. The Morgan fingerprint density at radius 3 is 2.27 bits per heavy atom. The summed E-state index contributed by atoms with van der Waals surface area (Å²) in [5.41, 5.74) is 2.21. The fourth-order valence-electron chi connectivity index (χ4n) is 7.34. The van der Waals surface area contributed by atoms with E-state index in [1.807, 2.05) is 65.7 Å². The van der Waals surface area contributed by atoms with Crippen LogP contribution in [0.1, 0.15) is 43.4 Å². The van der Waals surface area contributed by atoms with Crippen molar-refractivity contribution in [3.63, 3.8) is 0 Å². The molecule has 0 aromatic heterocycles. The lowest BCUT2D eigenvalue weighted by Crippen LogP contribution is -2.49. The van der Waals surface area contributed by atoms with Crippen LogP contribution in [0.25, 0.3) is 6.08 Å². The highest BCUT2D eigenvalue weighted by Gasteiger charge is 2.71. The quantitative estimate of drug-likeness (QED) is 0.278. The molecule has 4 aromatic rings. The minimum Gasteiger partial charge on any atom is -0.497 e. The molecule has 1 spiro atoms. The van der Waals surface area contributed by atoms with Crippen molar-refractivity contribution in [2.75, 3.05) is 26.6 Å². The summed E-state index contributed by atoms with van der Waals surface area (Å²) in [6.07, 6.45) is 3.77. The monoisotopic (exact) mass is 586 g/mol. The van der Waals surface area contributed by atoms with E-state index in [-0.39, 0.29) is 23.0 Å². The molecule has 1 fully saturated rings. The lowest BCUT2D eigenvalue weighted by atomic mass is 9.62. The van der Waals surface area contributed by atoms with E-state index in [0.717, 1.165) is 11.1 Å². The normalized spacial score (nSPS) is 22.6. The molecule has 44 heavy (non-hydrogen) atoms. The van der Waals surface area contributed by atoms with Gasteiger partial charge < -0.3 is 24.4 Å². The number of hydrogen-bond donors (Lipinski definition) is 1. The molecule has 0 bridgehead atoms. The largest absolute Gasteiger partial charge is 0.497 e. The summed E-state index contributed by atoms with van der Waals surface area (Å²) in [4.78, 5) is 46.6. The van der Waals surface area contributed by atoms with Gasteiger partial charge in [-0.1, -0.05) is 54.6 Å². The van der Waals surface area contributed by atoms with Gasteiger partial charge in [0.2, 0.25) is 5.91 Å². The fourth-order valence-corrected chi connectivity index (χ4v) is 7.34. The minimum atomic E-state index is -1.45. The fraction of sp³-hybridized carbons (Fsp3) is 0.194. The highest BCUT2D eigenvalue weighted by molar-refractivity contribution is 6.17. The van der Waals surface area contributed by atoms with Crippen molar-refractivity contribution in [1.82, 2.24) is 4.90 Å². The summed E-state index contributed by atoms with van der Waals surface area (Å²) in [6, 6.07) is 25.4. The first-order valence-electron chi connectivity index (χ1n) is 14.3. The third-order valence-electron chi connectivity index (χ3n) is 9.17. The van der Waals surface area contributed by atoms with Gasteiger partial charge in [-0.2, -0.15) is 0 Å². The number of para-hydroxylation sites is 2. The van der Waals surface area contributed by atoms with E-state index in [9.17, 15) is 9.59 Å². The lowest BCUT2D eigenvalue weighted by molar-refractivity contribution is -0.122. The lowest BCUT2D eigenvalue weighted by Gasteiger charge is -2.38. The third-order valence-corrected chi connectivity index (χ3v) is 9.17. The Balaban J connectivity index is 1.54. The standard InChI is InChI=1S/C36H30N2O6/c1-42-22-16-17-25(29(20-22)44-3)33(40)31-30(32(39)24-12-6-9-15-28(24)43-2)36(26-13-7-8-14-27(26)37-35(36)41)34-23-11-5-4-10-21(23)18-19-38(31)34/h4-20,30-31,34H,1-3H3,(H,37,41). The summed E-state index contributed by atoms with van der Waals surface area (Å²) in [5.74, 6) is -0.967. The Bertz CT molecular complexity index is 1870. The molecular formula is C36H30N2O6. The van der Waals surface area contributed by atoms with Crippen molar-refractivity contribution in [3.8, 4) is 17.2 Å². The van der Waals surface area contributed by atoms with Crippen LogP contribution in [0.4, 0.5) is 5.69 Å². The first kappa shape index (κ1) is 27.5. The van der Waals surface area contributed by atoms with Crippen LogP contribution in [0.2, 0.25) is 0 Å². The van der Waals surface area contributed by atoms with E-state index < -0.39 is 23.4 Å². The van der Waals surface area contributed by atoms with Crippen LogP contribution in [-0.4, -0.2) is 49.7 Å². The van der Waals surface area contributed by atoms with Crippen LogP contribution in [-0.2, 0) is 10.2 Å². The van der Waals surface area contributed by atoms with E-state index in [1.54, 1.807) is 42.5 Å². The van der Waals surface area contributed by atoms with Crippen LogP contribution in [0.5, 0.6) is 17.2 Å². The molecule has 0 aliphatic carbocycles. The zero-order valence-electron chi connectivity index (χ0n) is 24.4. The van der Waals surface area contributed by atoms with Gasteiger partial charge in [-0.05, 0) is 53.1 Å². The number of anilines is 1. The van der Waals surface area contributed by atoms with E-state index in [4.69, 9.17) is 14.2 Å². The summed E-state index contributed by atoms with van der Waals surface area (Å²) < 4.78 is 16.7. The smallest absolute Gasteiger partial charge is 0.238 e. The number of carbonyl (C=O) groups excluding carboxylic acids is 3. The topological polar surface area (TPSA) is 94.2 Å². The predicted molar refractivity (Wildman–Crippen MR) is 165 cm³/mol. The van der Waals surface area contributed by atoms with Crippen LogP contribution in [0.15, 0.2) is 97.2 Å². The number of ether oxygens (including phenoxy) is 3. The maximum absolute atomic E-state index is 15.1. The van der Waals surface area contributed by atoms with Crippen molar-refractivity contribution in [3.05, 3.63) is 125 Å². The molecule has 1 amide bonds. The Morgan fingerprint density at radius 2 is 1.48 bits per heavy atom. The maximum Gasteiger partial charge on any atom is 0.238 e. The van der Waals surface area contributed by atoms with Crippen molar-refractivity contribution < 1.29 is 28.6 Å². The average Bonchev–Trinajstić information content (AvgIpc) is 3.55. The number of nitrogens with zero attached hydrogens (tertiary/aromatic N) is 1. The SMILES string of the molecule is COc1ccc(C(=O)C2C(C(=O)c3ccccc3OC)C3(C(=O)Nc4ccccc43)C3c4ccccc4C=CN23)c(OC)c1. The van der Waals surface area contributed by atoms with Gasteiger partial charge in [0.1, 0.15) is 28.7 Å². The Kier molecular flexibility index (Phi) is 6.50. The van der Waals surface area contributed by atoms with E-state index >= 15 is 4.79 Å². The van der Waals surface area contributed by atoms with Gasteiger partial charge in [0.15, 0.2) is 11.6 Å². The number of fused-ring (bicyclic) bond motifs is 6. The number of ketones is 2. The zero-order valence-corrected chi connectivity index (χ0v) is 24.4. The number of amides is 1. The van der Waals surface area contributed by atoms with Gasteiger partial charge in [0, 0.05) is 18.0 Å². The number of carbonyl (C=O) groups is 3. The average molecular weight is 587 g/mol. The van der Waals surface area contributed by atoms with Gasteiger partial charge in [-0.3, -0.25) is 14.4 Å². The molecule has 220 valence electrons. The summed E-state index contributed by atoms with van der Waals surface area (Å²) in [6.45, 7) is 0. The number of benzene rings is 4. The second-order valence-corrected chi connectivity index (χ2v) is 11.1. The van der Waals surface area contributed by atoms with Crippen LogP contribution in [0.3, 0.4) is 0 Å². The molecule has 8 nitrogen and oxygen atoms in total. The summed E-state index contributed by atoms with van der Waals surface area (Å²) in [7, 11) is 4.52.